The molecule has 3 aromatic heterocycles. The highest BCUT2D eigenvalue weighted by Crippen LogP contribution is 2.38. The standard InChI is InChI=1S/C27H23Cl2F3N4O4/c1-13-4-18(13)15(3)10-38-11-17(37)12-39-23-5-14(2)19(7-20(23)28)24-34-26(40-35-24)22-9-36-8-16(27(30,31)32)6-21(29)25(36)33-22/h5-9,17,37H,1,4,10-12H2,2-3H3. The molecule has 4 aromatic rings. The van der Waals surface area contributed by atoms with E-state index in [0.29, 0.717) is 23.5 Å². The van der Waals surface area contributed by atoms with Gasteiger partial charge in [0.1, 0.15) is 24.2 Å². The maximum atomic E-state index is 13.1. The largest absolute Gasteiger partial charge is 0.489 e. The zero-order valence-corrected chi connectivity index (χ0v) is 22.9. The predicted molar refractivity (Wildman–Crippen MR) is 142 cm³/mol. The minimum absolute atomic E-state index is 0.0147. The van der Waals surface area contributed by atoms with Crippen molar-refractivity contribution in [3.05, 3.63) is 75.1 Å². The molecular weight excluding hydrogens is 572 g/mol. The summed E-state index contributed by atoms with van der Waals surface area (Å²) < 4.78 is 57.2. The molecule has 1 aliphatic carbocycles. The molecule has 0 saturated heterocycles. The smallest absolute Gasteiger partial charge is 0.417 e. The van der Waals surface area contributed by atoms with E-state index >= 15 is 0 Å². The van der Waals surface area contributed by atoms with Crippen LogP contribution in [0, 0.1) is 6.92 Å². The molecular formula is C27H23Cl2F3N4O4. The van der Waals surface area contributed by atoms with E-state index in [9.17, 15) is 18.3 Å². The molecule has 8 nitrogen and oxygen atoms in total. The molecule has 1 N–H and O–H groups in total. The van der Waals surface area contributed by atoms with Crippen molar-refractivity contribution in [2.45, 2.75) is 32.5 Å². The number of aryl methyl sites for hydroxylation is 1. The minimum atomic E-state index is -4.57. The monoisotopic (exact) mass is 594 g/mol. The molecule has 3 heterocycles. The molecule has 1 atom stereocenters. The first-order valence-electron chi connectivity index (χ1n) is 12.1. The minimum Gasteiger partial charge on any atom is -0.489 e. The third-order valence-corrected chi connectivity index (χ3v) is 6.84. The predicted octanol–water partition coefficient (Wildman–Crippen LogP) is 6.72. The lowest BCUT2D eigenvalue weighted by molar-refractivity contribution is -0.137. The van der Waals surface area contributed by atoms with Crippen LogP contribution in [0.1, 0.15) is 24.5 Å². The second kappa shape index (κ2) is 10.9. The molecule has 210 valence electrons. The van der Waals surface area contributed by atoms with Crippen molar-refractivity contribution in [3.8, 4) is 28.7 Å². The third kappa shape index (κ3) is 6.02. The van der Waals surface area contributed by atoms with Gasteiger partial charge in [0, 0.05) is 18.0 Å². The summed E-state index contributed by atoms with van der Waals surface area (Å²) in [6.45, 7) is 8.17. The lowest BCUT2D eigenvalue weighted by Crippen LogP contribution is -2.24. The van der Waals surface area contributed by atoms with Crippen LogP contribution in [0.2, 0.25) is 10.0 Å². The van der Waals surface area contributed by atoms with Crippen LogP contribution in [0.3, 0.4) is 0 Å². The van der Waals surface area contributed by atoms with Gasteiger partial charge >= 0.3 is 6.18 Å². The van der Waals surface area contributed by atoms with Crippen molar-refractivity contribution in [2.75, 3.05) is 19.8 Å². The molecule has 1 fully saturated rings. The Morgan fingerprint density at radius 3 is 2.62 bits per heavy atom. The van der Waals surface area contributed by atoms with Gasteiger partial charge in [0.2, 0.25) is 5.82 Å². The van der Waals surface area contributed by atoms with E-state index in [2.05, 4.69) is 21.7 Å². The topological polar surface area (TPSA) is 94.9 Å². The van der Waals surface area contributed by atoms with Crippen molar-refractivity contribution in [3.63, 3.8) is 0 Å². The van der Waals surface area contributed by atoms with Gasteiger partial charge in [0.25, 0.3) is 5.89 Å². The number of hydrogen-bond acceptors (Lipinski definition) is 7. The van der Waals surface area contributed by atoms with Crippen molar-refractivity contribution in [1.29, 1.82) is 0 Å². The zero-order chi connectivity index (χ0) is 28.8. The van der Waals surface area contributed by atoms with Crippen molar-refractivity contribution in [1.82, 2.24) is 19.5 Å². The number of aromatic nitrogens is 4. The molecule has 0 amide bonds. The van der Waals surface area contributed by atoms with Crippen molar-refractivity contribution in [2.24, 2.45) is 0 Å². The molecule has 13 heteroatoms. The number of nitrogens with zero attached hydrogens (tertiary/aromatic N) is 4. The Bertz CT molecular complexity index is 1640. The molecule has 1 aliphatic rings. The fourth-order valence-corrected chi connectivity index (χ4v) is 4.53. The van der Waals surface area contributed by atoms with Crippen molar-refractivity contribution >= 4 is 28.8 Å². The molecule has 0 spiro atoms. The molecule has 0 bridgehead atoms. The van der Waals surface area contributed by atoms with Gasteiger partial charge in [-0.2, -0.15) is 18.2 Å². The summed E-state index contributed by atoms with van der Waals surface area (Å²) in [4.78, 5) is 8.57. The summed E-state index contributed by atoms with van der Waals surface area (Å²) in [6.07, 6.45) is -2.31. The number of aliphatic hydroxyl groups is 1. The van der Waals surface area contributed by atoms with Crippen LogP contribution in [-0.4, -0.2) is 50.6 Å². The number of hydrogen-bond donors (Lipinski definition) is 1. The number of benzene rings is 1. The van der Waals surface area contributed by atoms with Crippen LogP contribution in [0.5, 0.6) is 5.75 Å². The number of pyridine rings is 1. The average molecular weight is 595 g/mol. The first kappa shape index (κ1) is 28.2. The maximum Gasteiger partial charge on any atom is 0.417 e. The number of allylic oxidation sites excluding steroid dienone is 2. The Balaban J connectivity index is 1.26. The van der Waals surface area contributed by atoms with Crippen LogP contribution in [0.25, 0.3) is 28.6 Å². The van der Waals surface area contributed by atoms with Crippen LogP contribution < -0.4 is 4.74 Å². The van der Waals surface area contributed by atoms with E-state index in [1.54, 1.807) is 19.1 Å². The Morgan fingerprint density at radius 1 is 1.18 bits per heavy atom. The third-order valence-electron chi connectivity index (χ3n) is 6.27. The van der Waals surface area contributed by atoms with E-state index in [4.69, 9.17) is 37.2 Å². The van der Waals surface area contributed by atoms with E-state index in [1.807, 2.05) is 6.92 Å². The molecule has 1 aromatic carbocycles. The number of rotatable bonds is 9. The van der Waals surface area contributed by atoms with Gasteiger partial charge < -0.3 is 23.5 Å². The quantitative estimate of drug-likeness (QED) is 0.230. The fraction of sp³-hybridized carbons (Fsp3) is 0.296. The van der Waals surface area contributed by atoms with Gasteiger partial charge in [-0.25, -0.2) is 4.98 Å². The second-order valence-electron chi connectivity index (χ2n) is 9.47. The van der Waals surface area contributed by atoms with Crippen LogP contribution in [0.15, 0.2) is 58.4 Å². The first-order valence-corrected chi connectivity index (χ1v) is 12.8. The molecule has 0 aliphatic heterocycles. The number of aliphatic hydroxyl groups excluding tert-OH is 1. The molecule has 0 radical (unpaired) electrons. The zero-order valence-electron chi connectivity index (χ0n) is 21.4. The average Bonchev–Trinajstić information content (AvgIpc) is 3.26. The van der Waals surface area contributed by atoms with E-state index < -0.39 is 17.8 Å². The summed E-state index contributed by atoms with van der Waals surface area (Å²) in [5.74, 6) is 0.532. The number of imidazole rings is 1. The summed E-state index contributed by atoms with van der Waals surface area (Å²) in [7, 11) is 0. The SMILES string of the molecule is C=C1CC1=C(C)COCC(O)COc1cc(C)c(-c2noc(-c3cn4cc(C(F)(F)F)cc(Cl)c4n3)n2)cc1Cl. The summed E-state index contributed by atoms with van der Waals surface area (Å²) in [6, 6.07) is 4.08. The van der Waals surface area contributed by atoms with Crippen LogP contribution >= 0.6 is 23.2 Å². The summed E-state index contributed by atoms with van der Waals surface area (Å²) >= 11 is 12.4. The molecule has 1 saturated carbocycles. The molecule has 1 unspecified atom stereocenters. The van der Waals surface area contributed by atoms with Crippen LogP contribution in [0.4, 0.5) is 13.2 Å². The first-order chi connectivity index (χ1) is 18.9. The van der Waals surface area contributed by atoms with Gasteiger partial charge in [-0.1, -0.05) is 34.9 Å². The van der Waals surface area contributed by atoms with Gasteiger partial charge in [-0.15, -0.1) is 0 Å². The second-order valence-corrected chi connectivity index (χ2v) is 10.3. The highest BCUT2D eigenvalue weighted by molar-refractivity contribution is 6.33. The fourth-order valence-electron chi connectivity index (χ4n) is 4.05. The number of ether oxygens (including phenoxy) is 2. The van der Waals surface area contributed by atoms with E-state index in [-0.39, 0.29) is 46.3 Å². The number of alkyl halides is 3. The molecule has 40 heavy (non-hydrogen) atoms. The van der Waals surface area contributed by atoms with E-state index in [1.165, 1.54) is 11.8 Å². The summed E-state index contributed by atoms with van der Waals surface area (Å²) in [5, 5.41) is 14.3. The van der Waals surface area contributed by atoms with Crippen LogP contribution in [-0.2, 0) is 10.9 Å². The summed E-state index contributed by atoms with van der Waals surface area (Å²) in [5.41, 5.74) is 4.05. The number of fused-ring (bicyclic) bond motifs is 1. The van der Waals surface area contributed by atoms with Gasteiger partial charge in [0.05, 0.1) is 28.8 Å². The van der Waals surface area contributed by atoms with E-state index in [0.717, 1.165) is 34.2 Å². The Hall–Kier alpha value is -3.38. The Morgan fingerprint density at radius 2 is 1.93 bits per heavy atom. The highest BCUT2D eigenvalue weighted by atomic mass is 35.5. The Kier molecular flexibility index (Phi) is 7.66. The Labute approximate surface area is 236 Å². The van der Waals surface area contributed by atoms with Gasteiger partial charge in [0.15, 0.2) is 5.65 Å². The lowest BCUT2D eigenvalue weighted by Gasteiger charge is -2.15. The maximum absolute atomic E-state index is 13.1. The highest BCUT2D eigenvalue weighted by Gasteiger charge is 2.32. The van der Waals surface area contributed by atoms with Crippen molar-refractivity contribution < 1.29 is 32.3 Å². The number of halogens is 5. The van der Waals surface area contributed by atoms with Gasteiger partial charge in [-0.3, -0.25) is 0 Å². The normalized spacial score (nSPS) is 15.6. The lowest BCUT2D eigenvalue weighted by atomic mass is 10.1. The molecule has 5 rings (SSSR count). The van der Waals surface area contributed by atoms with Gasteiger partial charge in [-0.05, 0) is 60.8 Å².